The van der Waals surface area contributed by atoms with Gasteiger partial charge in [0, 0.05) is 39.5 Å². The van der Waals surface area contributed by atoms with Gasteiger partial charge in [0.05, 0.1) is 0 Å². The van der Waals surface area contributed by atoms with Gasteiger partial charge in [-0.1, -0.05) is 25.1 Å². The van der Waals surface area contributed by atoms with Crippen molar-refractivity contribution in [3.05, 3.63) is 29.8 Å². The van der Waals surface area contributed by atoms with Crippen molar-refractivity contribution in [2.75, 3.05) is 38.8 Å². The highest BCUT2D eigenvalue weighted by atomic mass is 16.5. The van der Waals surface area contributed by atoms with Gasteiger partial charge in [-0.2, -0.15) is 0 Å². The van der Waals surface area contributed by atoms with E-state index in [1.807, 2.05) is 0 Å². The molecule has 0 amide bonds. The fourth-order valence-corrected chi connectivity index (χ4v) is 2.76. The normalized spacial score (nSPS) is 22.4. The zero-order chi connectivity index (χ0) is 14.4. The summed E-state index contributed by atoms with van der Waals surface area (Å²) in [7, 11) is 3.52. The average molecular weight is 278 g/mol. The molecule has 2 unspecified atom stereocenters. The SMILES string of the molecule is CCCNCc1ccccc1N1CC(OC)C(OC)C1. The Morgan fingerprint density at radius 1 is 1.15 bits per heavy atom. The van der Waals surface area contributed by atoms with Gasteiger partial charge >= 0.3 is 0 Å². The maximum absolute atomic E-state index is 5.52. The lowest BCUT2D eigenvalue weighted by Gasteiger charge is -2.22. The molecule has 0 saturated carbocycles. The quantitative estimate of drug-likeness (QED) is 0.774. The lowest BCUT2D eigenvalue weighted by molar-refractivity contribution is -0.00461. The second-order valence-corrected chi connectivity index (χ2v) is 5.26. The molecular weight excluding hydrogens is 252 g/mol. The monoisotopic (exact) mass is 278 g/mol. The van der Waals surface area contributed by atoms with Gasteiger partial charge < -0.3 is 19.7 Å². The molecule has 0 bridgehead atoms. The molecule has 1 aromatic carbocycles. The first kappa shape index (κ1) is 15.3. The predicted molar refractivity (Wildman–Crippen MR) is 82.2 cm³/mol. The smallest absolute Gasteiger partial charge is 0.102 e. The van der Waals surface area contributed by atoms with E-state index in [0.717, 1.165) is 32.6 Å². The molecule has 1 saturated heterocycles. The first-order chi connectivity index (χ1) is 9.80. The maximum atomic E-state index is 5.52. The number of anilines is 1. The van der Waals surface area contributed by atoms with Crippen LogP contribution in [0, 0.1) is 0 Å². The summed E-state index contributed by atoms with van der Waals surface area (Å²) in [4.78, 5) is 2.37. The van der Waals surface area contributed by atoms with E-state index in [9.17, 15) is 0 Å². The molecule has 0 spiro atoms. The summed E-state index contributed by atoms with van der Waals surface area (Å²) in [6.45, 7) is 5.93. The Morgan fingerprint density at radius 3 is 2.40 bits per heavy atom. The van der Waals surface area contributed by atoms with Crippen LogP contribution in [0.25, 0.3) is 0 Å². The molecular formula is C16H26N2O2. The van der Waals surface area contributed by atoms with E-state index in [1.165, 1.54) is 11.3 Å². The van der Waals surface area contributed by atoms with Gasteiger partial charge in [0.2, 0.25) is 0 Å². The molecule has 20 heavy (non-hydrogen) atoms. The van der Waals surface area contributed by atoms with Gasteiger partial charge in [-0.25, -0.2) is 0 Å². The zero-order valence-electron chi connectivity index (χ0n) is 12.8. The van der Waals surface area contributed by atoms with Crippen LogP contribution in [0.2, 0.25) is 0 Å². The summed E-state index contributed by atoms with van der Waals surface area (Å²) in [6.07, 6.45) is 1.46. The Bertz CT molecular complexity index is 399. The number of benzene rings is 1. The summed E-state index contributed by atoms with van der Waals surface area (Å²) in [6, 6.07) is 8.58. The Hall–Kier alpha value is -1.10. The number of para-hydroxylation sites is 1. The highest BCUT2D eigenvalue weighted by Gasteiger charge is 2.33. The van der Waals surface area contributed by atoms with Crippen LogP contribution in [-0.4, -0.2) is 46.1 Å². The molecule has 1 aliphatic heterocycles. The van der Waals surface area contributed by atoms with Crippen molar-refractivity contribution in [3.63, 3.8) is 0 Å². The predicted octanol–water partition coefficient (Wildman–Crippen LogP) is 2.04. The minimum absolute atomic E-state index is 0.150. The van der Waals surface area contributed by atoms with E-state index < -0.39 is 0 Å². The molecule has 1 aromatic rings. The van der Waals surface area contributed by atoms with Crippen molar-refractivity contribution >= 4 is 5.69 Å². The molecule has 0 aromatic heterocycles. The van der Waals surface area contributed by atoms with Crippen molar-refractivity contribution in [2.45, 2.75) is 32.1 Å². The van der Waals surface area contributed by atoms with Crippen LogP contribution in [-0.2, 0) is 16.0 Å². The fraction of sp³-hybridized carbons (Fsp3) is 0.625. The van der Waals surface area contributed by atoms with Gasteiger partial charge in [-0.05, 0) is 24.6 Å². The molecule has 2 rings (SSSR count). The summed E-state index contributed by atoms with van der Waals surface area (Å²) >= 11 is 0. The van der Waals surface area contributed by atoms with Gasteiger partial charge in [-0.3, -0.25) is 0 Å². The molecule has 0 aliphatic carbocycles. The van der Waals surface area contributed by atoms with Crippen LogP contribution in [0.4, 0.5) is 5.69 Å². The first-order valence-corrected chi connectivity index (χ1v) is 7.39. The number of nitrogens with one attached hydrogen (secondary N) is 1. The third-order valence-corrected chi connectivity index (χ3v) is 3.90. The lowest BCUT2D eigenvalue weighted by Crippen LogP contribution is -2.27. The van der Waals surface area contributed by atoms with Crippen LogP contribution in [0.3, 0.4) is 0 Å². The lowest BCUT2D eigenvalue weighted by atomic mass is 10.1. The fourth-order valence-electron chi connectivity index (χ4n) is 2.76. The van der Waals surface area contributed by atoms with E-state index in [2.05, 4.69) is 41.4 Å². The summed E-state index contributed by atoms with van der Waals surface area (Å²) in [5.74, 6) is 0. The largest absolute Gasteiger partial charge is 0.377 e. The van der Waals surface area contributed by atoms with Crippen molar-refractivity contribution in [2.24, 2.45) is 0 Å². The van der Waals surface area contributed by atoms with Crippen LogP contribution < -0.4 is 10.2 Å². The van der Waals surface area contributed by atoms with E-state index >= 15 is 0 Å². The second kappa shape index (κ2) is 7.62. The van der Waals surface area contributed by atoms with Crippen molar-refractivity contribution in [3.8, 4) is 0 Å². The standard InChI is InChI=1S/C16H26N2O2/c1-4-9-17-10-13-7-5-6-8-14(13)18-11-15(19-2)16(12-18)20-3/h5-8,15-17H,4,9-12H2,1-3H3. The number of nitrogens with zero attached hydrogens (tertiary/aromatic N) is 1. The molecule has 1 aliphatic rings. The van der Waals surface area contributed by atoms with Crippen LogP contribution >= 0.6 is 0 Å². The summed E-state index contributed by atoms with van der Waals surface area (Å²) in [5.41, 5.74) is 2.63. The van der Waals surface area contributed by atoms with Crippen molar-refractivity contribution < 1.29 is 9.47 Å². The van der Waals surface area contributed by atoms with Crippen LogP contribution in [0.1, 0.15) is 18.9 Å². The van der Waals surface area contributed by atoms with Gasteiger partial charge in [0.25, 0.3) is 0 Å². The van der Waals surface area contributed by atoms with E-state index in [1.54, 1.807) is 14.2 Å². The third-order valence-electron chi connectivity index (χ3n) is 3.90. The van der Waals surface area contributed by atoms with E-state index in [-0.39, 0.29) is 12.2 Å². The topological polar surface area (TPSA) is 33.7 Å². The Morgan fingerprint density at radius 2 is 1.80 bits per heavy atom. The molecule has 2 atom stereocenters. The highest BCUT2D eigenvalue weighted by molar-refractivity contribution is 5.55. The van der Waals surface area contributed by atoms with Crippen molar-refractivity contribution in [1.29, 1.82) is 0 Å². The molecule has 0 radical (unpaired) electrons. The van der Waals surface area contributed by atoms with Gasteiger partial charge in [0.1, 0.15) is 12.2 Å². The second-order valence-electron chi connectivity index (χ2n) is 5.26. The summed E-state index contributed by atoms with van der Waals surface area (Å²) in [5, 5.41) is 3.48. The molecule has 112 valence electrons. The number of rotatable bonds is 7. The van der Waals surface area contributed by atoms with Crippen LogP contribution in [0.5, 0.6) is 0 Å². The minimum atomic E-state index is 0.150. The van der Waals surface area contributed by atoms with E-state index in [4.69, 9.17) is 9.47 Å². The van der Waals surface area contributed by atoms with Crippen LogP contribution in [0.15, 0.2) is 24.3 Å². The average Bonchev–Trinajstić information content (AvgIpc) is 2.91. The molecule has 1 N–H and O–H groups in total. The Kier molecular flexibility index (Phi) is 5.83. The molecule has 4 heteroatoms. The zero-order valence-corrected chi connectivity index (χ0v) is 12.8. The third kappa shape index (κ3) is 3.51. The molecule has 4 nitrogen and oxygen atoms in total. The maximum Gasteiger partial charge on any atom is 0.102 e. The number of ether oxygens (including phenoxy) is 2. The molecule has 1 fully saturated rings. The number of methoxy groups -OCH3 is 2. The minimum Gasteiger partial charge on any atom is -0.377 e. The number of hydrogen-bond donors (Lipinski definition) is 1. The Balaban J connectivity index is 2.08. The van der Waals surface area contributed by atoms with E-state index in [0.29, 0.717) is 0 Å². The summed E-state index contributed by atoms with van der Waals surface area (Å²) < 4.78 is 11.0. The molecule has 1 heterocycles. The Labute approximate surface area is 122 Å². The highest BCUT2D eigenvalue weighted by Crippen LogP contribution is 2.26. The number of hydrogen-bond acceptors (Lipinski definition) is 4. The first-order valence-electron chi connectivity index (χ1n) is 7.39. The van der Waals surface area contributed by atoms with Crippen molar-refractivity contribution in [1.82, 2.24) is 5.32 Å². The van der Waals surface area contributed by atoms with Gasteiger partial charge in [-0.15, -0.1) is 0 Å². The van der Waals surface area contributed by atoms with Gasteiger partial charge in [0.15, 0.2) is 0 Å².